The van der Waals surface area contributed by atoms with E-state index in [-0.39, 0.29) is 4.90 Å². The van der Waals surface area contributed by atoms with Gasteiger partial charge in [0.25, 0.3) is 0 Å². The second-order valence-corrected chi connectivity index (χ2v) is 7.47. The van der Waals surface area contributed by atoms with Crippen LogP contribution in [0, 0.1) is 0 Å². The van der Waals surface area contributed by atoms with Gasteiger partial charge in [0.15, 0.2) is 0 Å². The third kappa shape index (κ3) is 3.55. The Bertz CT molecular complexity index is 680. The van der Waals surface area contributed by atoms with Gasteiger partial charge in [-0.25, -0.2) is 13.1 Å². The number of thiophene rings is 1. The molecule has 0 aliphatic rings. The Morgan fingerprint density at radius 2 is 2.14 bits per heavy atom. The molecule has 5 nitrogen and oxygen atoms in total. The van der Waals surface area contributed by atoms with Gasteiger partial charge in [0.05, 0.1) is 4.90 Å². The molecule has 0 radical (unpaired) electrons. The average Bonchev–Trinajstić information content (AvgIpc) is 3.11. The van der Waals surface area contributed by atoms with Crippen molar-refractivity contribution in [2.75, 3.05) is 0 Å². The fourth-order valence-electron chi connectivity index (χ4n) is 2.22. The second-order valence-electron chi connectivity index (χ2n) is 4.70. The summed E-state index contributed by atoms with van der Waals surface area (Å²) in [7, 11) is -3.50. The van der Waals surface area contributed by atoms with Crippen molar-refractivity contribution in [1.29, 1.82) is 0 Å². The summed E-state index contributed by atoms with van der Waals surface area (Å²) < 4.78 is 29.3. The maximum Gasteiger partial charge on any atom is 0.242 e. The topological polar surface area (TPSA) is 77.1 Å². The Morgan fingerprint density at radius 3 is 2.71 bits per heavy atom. The van der Waals surface area contributed by atoms with Crippen molar-refractivity contribution in [3.05, 3.63) is 39.8 Å². The van der Waals surface area contributed by atoms with Crippen LogP contribution in [0.3, 0.4) is 0 Å². The van der Waals surface area contributed by atoms with E-state index in [0.29, 0.717) is 19.6 Å². The second kappa shape index (κ2) is 6.74. The molecule has 2 rings (SSSR count). The van der Waals surface area contributed by atoms with Crippen LogP contribution in [0.4, 0.5) is 0 Å². The molecule has 2 aromatic heterocycles. The highest BCUT2D eigenvalue weighted by molar-refractivity contribution is 7.89. The lowest BCUT2D eigenvalue weighted by molar-refractivity contribution is 0.581. The van der Waals surface area contributed by atoms with Crippen LogP contribution in [0.1, 0.15) is 30.0 Å². The molecule has 2 aromatic rings. The van der Waals surface area contributed by atoms with Crippen molar-refractivity contribution < 1.29 is 8.42 Å². The van der Waals surface area contributed by atoms with E-state index in [2.05, 4.69) is 11.6 Å². The van der Waals surface area contributed by atoms with Gasteiger partial charge < -0.3 is 10.3 Å². The zero-order valence-electron chi connectivity index (χ0n) is 12.3. The van der Waals surface area contributed by atoms with Crippen LogP contribution in [-0.4, -0.2) is 13.0 Å². The lowest BCUT2D eigenvalue weighted by Crippen LogP contribution is -2.22. The van der Waals surface area contributed by atoms with Crippen LogP contribution < -0.4 is 10.5 Å². The fraction of sp³-hybridized carbons (Fsp3) is 0.429. The molecule has 3 N–H and O–H groups in total. The van der Waals surface area contributed by atoms with Crippen LogP contribution in [0.25, 0.3) is 0 Å². The maximum atomic E-state index is 12.4. The number of nitrogens with two attached hydrogens (primary N) is 1. The van der Waals surface area contributed by atoms with Crippen molar-refractivity contribution in [2.45, 2.75) is 44.8 Å². The molecule has 0 fully saturated rings. The first-order valence-electron chi connectivity index (χ1n) is 6.95. The van der Waals surface area contributed by atoms with E-state index in [1.54, 1.807) is 23.6 Å². The van der Waals surface area contributed by atoms with Gasteiger partial charge in [-0.2, -0.15) is 0 Å². The first-order chi connectivity index (χ1) is 10.0. The minimum Gasteiger partial charge on any atom is -0.349 e. The molecule has 0 saturated heterocycles. The molecule has 0 bridgehead atoms. The predicted molar refractivity (Wildman–Crippen MR) is 85.7 cm³/mol. The van der Waals surface area contributed by atoms with Gasteiger partial charge in [-0.3, -0.25) is 0 Å². The molecule has 0 amide bonds. The Labute approximate surface area is 129 Å². The van der Waals surface area contributed by atoms with Crippen LogP contribution in [0.2, 0.25) is 0 Å². The van der Waals surface area contributed by atoms with Gasteiger partial charge in [0.2, 0.25) is 10.0 Å². The number of hydrogen-bond acceptors (Lipinski definition) is 4. The molecular weight excluding hydrogens is 306 g/mol. The fourth-order valence-corrected chi connectivity index (χ4v) is 4.28. The SMILES string of the molecule is CCc1ccsc1CNS(=O)(=O)c1cc(CN)n(CC)c1. The third-order valence-corrected chi connectivity index (χ3v) is 5.79. The number of aryl methyl sites for hydroxylation is 2. The van der Waals surface area contributed by atoms with E-state index in [0.717, 1.165) is 17.0 Å². The molecular formula is C14H21N3O2S2. The van der Waals surface area contributed by atoms with Crippen molar-refractivity contribution >= 4 is 21.4 Å². The minimum absolute atomic E-state index is 0.277. The summed E-state index contributed by atoms with van der Waals surface area (Å²) in [5.74, 6) is 0. The van der Waals surface area contributed by atoms with Gasteiger partial charge in [-0.05, 0) is 36.4 Å². The number of nitrogens with one attached hydrogen (secondary N) is 1. The Kier molecular flexibility index (Phi) is 5.21. The van der Waals surface area contributed by atoms with Crippen LogP contribution >= 0.6 is 11.3 Å². The van der Waals surface area contributed by atoms with Crippen molar-refractivity contribution in [1.82, 2.24) is 9.29 Å². The number of rotatable bonds is 7. The van der Waals surface area contributed by atoms with Gasteiger partial charge in [-0.15, -0.1) is 11.3 Å². The normalized spacial score (nSPS) is 12.0. The summed E-state index contributed by atoms with van der Waals surface area (Å²) in [6.45, 7) is 5.39. The Morgan fingerprint density at radius 1 is 1.38 bits per heavy atom. The molecule has 7 heteroatoms. The first-order valence-corrected chi connectivity index (χ1v) is 9.32. The van der Waals surface area contributed by atoms with Gasteiger partial charge in [0.1, 0.15) is 0 Å². The molecule has 21 heavy (non-hydrogen) atoms. The van der Waals surface area contributed by atoms with Crippen molar-refractivity contribution in [3.63, 3.8) is 0 Å². The summed E-state index contributed by atoms with van der Waals surface area (Å²) in [6, 6.07) is 3.68. The minimum atomic E-state index is -3.50. The number of aromatic nitrogens is 1. The molecule has 116 valence electrons. The predicted octanol–water partition coefficient (Wildman–Crippen LogP) is 2.07. The Hall–Kier alpha value is -1.15. The standard InChI is InChI=1S/C14H21N3O2S2/c1-3-11-5-6-20-14(11)9-16-21(18,19)13-7-12(8-15)17(4-2)10-13/h5-7,10,16H,3-4,8-9,15H2,1-2H3. The van der Waals surface area contributed by atoms with Gasteiger partial charge in [-0.1, -0.05) is 6.92 Å². The van der Waals surface area contributed by atoms with E-state index in [4.69, 9.17) is 5.73 Å². The number of nitrogens with zero attached hydrogens (tertiary/aromatic N) is 1. The summed E-state index contributed by atoms with van der Waals surface area (Å²) in [5.41, 5.74) is 7.65. The quantitative estimate of drug-likeness (QED) is 0.817. The van der Waals surface area contributed by atoms with Crippen LogP contribution in [0.15, 0.2) is 28.6 Å². The van der Waals surface area contributed by atoms with E-state index >= 15 is 0 Å². The monoisotopic (exact) mass is 327 g/mol. The highest BCUT2D eigenvalue weighted by atomic mass is 32.2. The zero-order chi connectivity index (χ0) is 15.5. The zero-order valence-corrected chi connectivity index (χ0v) is 13.9. The van der Waals surface area contributed by atoms with Gasteiger partial charge >= 0.3 is 0 Å². The molecule has 0 aliphatic carbocycles. The summed E-state index contributed by atoms with van der Waals surface area (Å²) in [5, 5.41) is 1.99. The van der Waals surface area contributed by atoms with Gasteiger partial charge in [0, 0.05) is 36.4 Å². The van der Waals surface area contributed by atoms with E-state index in [1.165, 1.54) is 5.56 Å². The smallest absolute Gasteiger partial charge is 0.242 e. The largest absolute Gasteiger partial charge is 0.349 e. The number of hydrogen-bond donors (Lipinski definition) is 2. The molecule has 0 atom stereocenters. The highest BCUT2D eigenvalue weighted by Crippen LogP contribution is 2.19. The average molecular weight is 327 g/mol. The summed E-state index contributed by atoms with van der Waals surface area (Å²) in [4.78, 5) is 1.34. The molecule has 0 aromatic carbocycles. The van der Waals surface area contributed by atoms with Crippen molar-refractivity contribution in [2.24, 2.45) is 5.73 Å². The maximum absolute atomic E-state index is 12.4. The highest BCUT2D eigenvalue weighted by Gasteiger charge is 2.18. The van der Waals surface area contributed by atoms with E-state index < -0.39 is 10.0 Å². The molecule has 0 unspecified atom stereocenters. The molecule has 0 saturated carbocycles. The molecule has 0 aliphatic heterocycles. The Balaban J connectivity index is 2.17. The van der Waals surface area contributed by atoms with Crippen molar-refractivity contribution in [3.8, 4) is 0 Å². The summed E-state index contributed by atoms with van der Waals surface area (Å²) >= 11 is 1.58. The van der Waals surface area contributed by atoms with E-state index in [9.17, 15) is 8.42 Å². The number of sulfonamides is 1. The molecule has 0 spiro atoms. The lowest BCUT2D eigenvalue weighted by Gasteiger charge is -2.05. The van der Waals surface area contributed by atoms with E-state index in [1.807, 2.05) is 22.9 Å². The van der Waals surface area contributed by atoms with Crippen LogP contribution in [-0.2, 0) is 36.1 Å². The first kappa shape index (κ1) is 16.2. The molecule has 2 heterocycles. The lowest BCUT2D eigenvalue weighted by atomic mass is 10.2. The summed E-state index contributed by atoms with van der Waals surface area (Å²) in [6.07, 6.45) is 2.55. The van der Waals surface area contributed by atoms with Crippen LogP contribution in [0.5, 0.6) is 0 Å². The third-order valence-electron chi connectivity index (χ3n) is 3.46.